The fourth-order valence-corrected chi connectivity index (χ4v) is 1.29. The van der Waals surface area contributed by atoms with E-state index in [1.165, 1.54) is 6.07 Å². The predicted octanol–water partition coefficient (Wildman–Crippen LogP) is 1.41. The molecule has 1 aromatic rings. The van der Waals surface area contributed by atoms with Gasteiger partial charge in [-0.05, 0) is 26.1 Å². The Labute approximate surface area is 103 Å². The summed E-state index contributed by atoms with van der Waals surface area (Å²) in [5, 5.41) is 11.7. The van der Waals surface area contributed by atoms with Gasteiger partial charge in [-0.3, -0.25) is 4.98 Å². The fourth-order valence-electron chi connectivity index (χ4n) is 1.29. The maximum absolute atomic E-state index is 12.1. The number of aliphatic hydroxyl groups is 1. The molecule has 0 aromatic carbocycles. The Balaban J connectivity index is 2.72. The Morgan fingerprint density at radius 2 is 2.11 bits per heavy atom. The van der Waals surface area contributed by atoms with Gasteiger partial charge in [0.05, 0.1) is 5.69 Å². The van der Waals surface area contributed by atoms with E-state index in [9.17, 15) is 13.2 Å². The summed E-state index contributed by atoms with van der Waals surface area (Å²) in [6, 6.07) is 3.17. The largest absolute Gasteiger partial charge is 0.489 e. The molecule has 0 amide bonds. The number of pyridine rings is 1. The molecular weight excluding hydrogens is 249 g/mol. The van der Waals surface area contributed by atoms with Gasteiger partial charge in [-0.2, -0.15) is 13.2 Å². The highest BCUT2D eigenvalue weighted by molar-refractivity contribution is 5.29. The Kier molecular flexibility index (Phi) is 4.92. The molecule has 102 valence electrons. The fraction of sp³-hybridized carbons (Fsp3) is 0.545. The molecule has 0 fully saturated rings. The minimum atomic E-state index is -4.68. The zero-order valence-corrected chi connectivity index (χ0v) is 10.1. The van der Waals surface area contributed by atoms with Gasteiger partial charge in [0.1, 0.15) is 12.4 Å². The molecule has 1 aromatic heterocycles. The third-order valence-electron chi connectivity index (χ3n) is 2.19. The summed E-state index contributed by atoms with van der Waals surface area (Å²) in [7, 11) is 1.69. The predicted molar refractivity (Wildman–Crippen MR) is 59.3 cm³/mol. The lowest BCUT2D eigenvalue weighted by molar-refractivity contribution is -0.210. The van der Waals surface area contributed by atoms with E-state index < -0.39 is 18.9 Å². The summed E-state index contributed by atoms with van der Waals surface area (Å²) in [5.74, 6) is 0.234. The van der Waals surface area contributed by atoms with Crippen molar-refractivity contribution >= 4 is 0 Å². The molecule has 1 atom stereocenters. The first-order chi connectivity index (χ1) is 8.34. The standard InChI is InChI=1S/C11H15F3N2O2/c1-7-3-4-9(8(16-7)5-15-2)18-6-10(17)11(12,13)14/h3-4,10,15,17H,5-6H2,1-2H3. The van der Waals surface area contributed by atoms with Crippen molar-refractivity contribution in [3.05, 3.63) is 23.5 Å². The smallest absolute Gasteiger partial charge is 0.417 e. The molecule has 0 bridgehead atoms. The summed E-state index contributed by atoms with van der Waals surface area (Å²) < 4.78 is 41.3. The van der Waals surface area contributed by atoms with Gasteiger partial charge in [0.15, 0.2) is 6.10 Å². The van der Waals surface area contributed by atoms with Crippen molar-refractivity contribution < 1.29 is 23.0 Å². The number of aliphatic hydroxyl groups excluding tert-OH is 1. The van der Waals surface area contributed by atoms with Crippen molar-refractivity contribution in [2.24, 2.45) is 0 Å². The molecule has 1 heterocycles. The maximum Gasteiger partial charge on any atom is 0.417 e. The van der Waals surface area contributed by atoms with Gasteiger partial charge in [0.2, 0.25) is 0 Å². The number of aryl methyl sites for hydroxylation is 1. The van der Waals surface area contributed by atoms with Crippen molar-refractivity contribution in [3.63, 3.8) is 0 Å². The summed E-state index contributed by atoms with van der Waals surface area (Å²) in [4.78, 5) is 4.15. The molecule has 0 spiro atoms. The van der Waals surface area contributed by atoms with Crippen LogP contribution in [0.4, 0.5) is 13.2 Å². The zero-order valence-electron chi connectivity index (χ0n) is 10.1. The van der Waals surface area contributed by atoms with E-state index in [4.69, 9.17) is 9.84 Å². The molecular formula is C11H15F3N2O2. The molecule has 0 saturated heterocycles. The Morgan fingerprint density at radius 1 is 1.44 bits per heavy atom. The first-order valence-corrected chi connectivity index (χ1v) is 5.33. The average Bonchev–Trinajstić information content (AvgIpc) is 2.26. The minimum absolute atomic E-state index is 0.234. The van der Waals surface area contributed by atoms with Gasteiger partial charge in [-0.1, -0.05) is 0 Å². The summed E-state index contributed by atoms with van der Waals surface area (Å²) in [6.07, 6.45) is -7.18. The number of alkyl halides is 3. The average molecular weight is 264 g/mol. The Hall–Kier alpha value is -1.34. The van der Waals surface area contributed by atoms with Gasteiger partial charge in [0, 0.05) is 12.2 Å². The topological polar surface area (TPSA) is 54.4 Å². The van der Waals surface area contributed by atoms with Crippen LogP contribution >= 0.6 is 0 Å². The lowest BCUT2D eigenvalue weighted by Gasteiger charge is -2.16. The first kappa shape index (κ1) is 14.7. The van der Waals surface area contributed by atoms with E-state index in [-0.39, 0.29) is 5.75 Å². The summed E-state index contributed by atoms with van der Waals surface area (Å²) >= 11 is 0. The highest BCUT2D eigenvalue weighted by atomic mass is 19.4. The van der Waals surface area contributed by atoms with E-state index in [0.29, 0.717) is 12.2 Å². The number of halogens is 3. The molecule has 0 saturated carbocycles. The highest BCUT2D eigenvalue weighted by Gasteiger charge is 2.38. The Morgan fingerprint density at radius 3 is 2.67 bits per heavy atom. The van der Waals surface area contributed by atoms with Gasteiger partial charge in [0.25, 0.3) is 0 Å². The number of ether oxygens (including phenoxy) is 1. The monoisotopic (exact) mass is 264 g/mol. The maximum atomic E-state index is 12.1. The third-order valence-corrected chi connectivity index (χ3v) is 2.19. The second-order valence-electron chi connectivity index (χ2n) is 3.80. The molecule has 18 heavy (non-hydrogen) atoms. The van der Waals surface area contributed by atoms with E-state index in [1.54, 1.807) is 20.0 Å². The van der Waals surface area contributed by atoms with Gasteiger partial charge in [-0.15, -0.1) is 0 Å². The number of hydrogen-bond acceptors (Lipinski definition) is 4. The molecule has 2 N–H and O–H groups in total. The van der Waals surface area contributed by atoms with Crippen LogP contribution in [0.15, 0.2) is 12.1 Å². The van der Waals surface area contributed by atoms with Crippen LogP contribution < -0.4 is 10.1 Å². The quantitative estimate of drug-likeness (QED) is 0.844. The molecule has 7 heteroatoms. The second kappa shape index (κ2) is 6.01. The van der Waals surface area contributed by atoms with Crippen LogP contribution in [0.5, 0.6) is 5.75 Å². The minimum Gasteiger partial charge on any atom is -0.489 e. The molecule has 0 aliphatic heterocycles. The Bertz CT molecular complexity index is 396. The second-order valence-corrected chi connectivity index (χ2v) is 3.80. The molecule has 0 aliphatic carbocycles. The third kappa shape index (κ3) is 4.15. The number of nitrogens with one attached hydrogen (secondary N) is 1. The molecule has 0 radical (unpaired) electrons. The number of nitrogens with zero attached hydrogens (tertiary/aromatic N) is 1. The van der Waals surface area contributed by atoms with Gasteiger partial charge < -0.3 is 15.2 Å². The summed E-state index contributed by atoms with van der Waals surface area (Å²) in [6.45, 7) is 1.30. The van der Waals surface area contributed by atoms with Crippen LogP contribution in [-0.2, 0) is 6.54 Å². The van der Waals surface area contributed by atoms with Crippen LogP contribution in [0.25, 0.3) is 0 Å². The SMILES string of the molecule is CNCc1nc(C)ccc1OCC(O)C(F)(F)F. The van der Waals surface area contributed by atoms with E-state index >= 15 is 0 Å². The van der Waals surface area contributed by atoms with Crippen LogP contribution in [-0.4, -0.2) is 36.0 Å². The lowest BCUT2D eigenvalue weighted by atomic mass is 10.2. The van der Waals surface area contributed by atoms with Crippen LogP contribution in [0.1, 0.15) is 11.4 Å². The van der Waals surface area contributed by atoms with Crippen molar-refractivity contribution in [2.75, 3.05) is 13.7 Å². The number of hydrogen-bond donors (Lipinski definition) is 2. The zero-order chi connectivity index (χ0) is 13.8. The first-order valence-electron chi connectivity index (χ1n) is 5.33. The summed E-state index contributed by atoms with van der Waals surface area (Å²) in [5.41, 5.74) is 1.25. The molecule has 0 aliphatic rings. The number of rotatable bonds is 5. The lowest BCUT2D eigenvalue weighted by Crippen LogP contribution is -2.34. The van der Waals surface area contributed by atoms with Crippen molar-refractivity contribution in [3.8, 4) is 5.75 Å². The van der Waals surface area contributed by atoms with Crippen LogP contribution in [0.3, 0.4) is 0 Å². The van der Waals surface area contributed by atoms with Gasteiger partial charge >= 0.3 is 6.18 Å². The van der Waals surface area contributed by atoms with Crippen LogP contribution in [0.2, 0.25) is 0 Å². The van der Waals surface area contributed by atoms with Gasteiger partial charge in [-0.25, -0.2) is 0 Å². The molecule has 4 nitrogen and oxygen atoms in total. The van der Waals surface area contributed by atoms with Crippen molar-refractivity contribution in [1.82, 2.24) is 10.3 Å². The molecule has 1 unspecified atom stereocenters. The van der Waals surface area contributed by atoms with E-state index in [1.807, 2.05) is 0 Å². The van der Waals surface area contributed by atoms with E-state index in [2.05, 4.69) is 10.3 Å². The molecule has 1 rings (SSSR count). The van der Waals surface area contributed by atoms with E-state index in [0.717, 1.165) is 5.69 Å². The van der Waals surface area contributed by atoms with Crippen molar-refractivity contribution in [2.45, 2.75) is 25.7 Å². The van der Waals surface area contributed by atoms with Crippen LogP contribution in [0, 0.1) is 6.92 Å². The highest BCUT2D eigenvalue weighted by Crippen LogP contribution is 2.22. The van der Waals surface area contributed by atoms with Crippen molar-refractivity contribution in [1.29, 1.82) is 0 Å². The normalized spacial score (nSPS) is 13.4. The number of aromatic nitrogens is 1.